The number of halogens is 2. The Labute approximate surface area is 167 Å². The van der Waals surface area contributed by atoms with E-state index in [-0.39, 0.29) is 5.41 Å². The second-order valence-electron chi connectivity index (χ2n) is 7.82. The van der Waals surface area contributed by atoms with Gasteiger partial charge in [-0.1, -0.05) is 24.4 Å². The molecule has 5 nitrogen and oxygen atoms in total. The highest BCUT2D eigenvalue weighted by Crippen LogP contribution is 2.51. The highest BCUT2D eigenvalue weighted by atomic mass is 35.5. The molecular weight excluding hydrogens is 377 g/mol. The summed E-state index contributed by atoms with van der Waals surface area (Å²) in [5.41, 5.74) is 4.18. The molecule has 5 rings (SSSR count). The van der Waals surface area contributed by atoms with Gasteiger partial charge in [0.25, 0.3) is 0 Å². The second kappa shape index (κ2) is 6.46. The highest BCUT2D eigenvalue weighted by Gasteiger charge is 2.44. The molecule has 142 valence electrons. The van der Waals surface area contributed by atoms with Gasteiger partial charge in [0, 0.05) is 17.5 Å². The number of aromatic nitrogens is 3. The molecular formula is C21H19ClFN5. The fraction of sp³-hybridized carbons (Fsp3) is 0.381. The van der Waals surface area contributed by atoms with Crippen LogP contribution >= 0.6 is 11.6 Å². The molecule has 0 atom stereocenters. The summed E-state index contributed by atoms with van der Waals surface area (Å²) >= 11 is 6.36. The van der Waals surface area contributed by atoms with Crippen LogP contribution < -0.4 is 5.32 Å². The van der Waals surface area contributed by atoms with E-state index in [1.54, 1.807) is 16.8 Å². The summed E-state index contributed by atoms with van der Waals surface area (Å²) in [5, 5.41) is 17.5. The van der Waals surface area contributed by atoms with E-state index in [9.17, 15) is 4.39 Å². The van der Waals surface area contributed by atoms with Gasteiger partial charge in [0.05, 0.1) is 23.5 Å². The average Bonchev–Trinajstić information content (AvgIpc) is 3.40. The van der Waals surface area contributed by atoms with Crippen molar-refractivity contribution in [3.05, 3.63) is 57.6 Å². The monoisotopic (exact) mass is 395 g/mol. The van der Waals surface area contributed by atoms with E-state index in [2.05, 4.69) is 10.4 Å². The van der Waals surface area contributed by atoms with Crippen molar-refractivity contribution < 1.29 is 4.39 Å². The van der Waals surface area contributed by atoms with E-state index < -0.39 is 5.82 Å². The molecule has 28 heavy (non-hydrogen) atoms. The van der Waals surface area contributed by atoms with E-state index in [4.69, 9.17) is 21.8 Å². The number of benzene rings is 1. The maximum atomic E-state index is 13.8. The van der Waals surface area contributed by atoms with Gasteiger partial charge in [0.2, 0.25) is 0 Å². The lowest BCUT2D eigenvalue weighted by molar-refractivity contribution is 0.429. The van der Waals surface area contributed by atoms with Crippen LogP contribution in [0.2, 0.25) is 5.02 Å². The first kappa shape index (κ1) is 17.4. The zero-order valence-corrected chi connectivity index (χ0v) is 16.1. The van der Waals surface area contributed by atoms with Crippen LogP contribution in [-0.4, -0.2) is 14.6 Å². The topological polar surface area (TPSA) is 66.0 Å². The molecule has 0 saturated heterocycles. The molecule has 0 unspecified atom stereocenters. The predicted molar refractivity (Wildman–Crippen MR) is 105 cm³/mol. The van der Waals surface area contributed by atoms with Gasteiger partial charge in [-0.15, -0.1) is 0 Å². The minimum absolute atomic E-state index is 0.161. The van der Waals surface area contributed by atoms with Crippen molar-refractivity contribution in [2.24, 2.45) is 0 Å². The average molecular weight is 396 g/mol. The van der Waals surface area contributed by atoms with Crippen LogP contribution in [0.4, 0.5) is 10.2 Å². The molecule has 0 aliphatic heterocycles. The van der Waals surface area contributed by atoms with E-state index in [1.807, 2.05) is 6.07 Å². The molecule has 1 fully saturated rings. The van der Waals surface area contributed by atoms with Gasteiger partial charge in [0.15, 0.2) is 5.65 Å². The summed E-state index contributed by atoms with van der Waals surface area (Å²) in [6, 6.07) is 6.38. The standard InChI is InChI=1S/C21H19ClFN5/c22-17-12-26-28-19(25-11-14-7-13(10-24)8-15(23)9-14)16-3-6-21(4-1-2-5-21)18(16)27-20(17)28/h7-9,12,25H,1-6,11H2. The Bertz CT molecular complexity index is 1120. The van der Waals surface area contributed by atoms with Crippen molar-refractivity contribution >= 4 is 23.1 Å². The molecule has 2 aliphatic carbocycles. The van der Waals surface area contributed by atoms with Crippen molar-refractivity contribution in [1.29, 1.82) is 5.26 Å². The van der Waals surface area contributed by atoms with E-state index in [1.165, 1.54) is 43.4 Å². The third kappa shape index (κ3) is 2.65. The Balaban J connectivity index is 1.58. The Morgan fingerprint density at radius 1 is 1.25 bits per heavy atom. The number of nitrogens with one attached hydrogen (secondary N) is 1. The Morgan fingerprint density at radius 3 is 2.86 bits per heavy atom. The lowest BCUT2D eigenvalue weighted by Gasteiger charge is -2.23. The number of anilines is 1. The second-order valence-corrected chi connectivity index (χ2v) is 8.22. The van der Waals surface area contributed by atoms with Crippen LogP contribution in [0.1, 0.15) is 54.5 Å². The number of hydrogen-bond donors (Lipinski definition) is 1. The fourth-order valence-corrected chi connectivity index (χ4v) is 5.05. The third-order valence-electron chi connectivity index (χ3n) is 6.17. The van der Waals surface area contributed by atoms with Crippen LogP contribution in [0.5, 0.6) is 0 Å². The summed E-state index contributed by atoms with van der Waals surface area (Å²) in [4.78, 5) is 4.93. The number of hydrogen-bond acceptors (Lipinski definition) is 4. The first-order valence-electron chi connectivity index (χ1n) is 9.60. The van der Waals surface area contributed by atoms with Crippen molar-refractivity contribution in [3.63, 3.8) is 0 Å². The summed E-state index contributed by atoms with van der Waals surface area (Å²) in [5.74, 6) is 0.464. The molecule has 1 saturated carbocycles. The van der Waals surface area contributed by atoms with E-state index in [0.717, 1.165) is 24.4 Å². The van der Waals surface area contributed by atoms with E-state index in [0.29, 0.717) is 28.3 Å². The molecule has 1 aromatic carbocycles. The molecule has 0 radical (unpaired) electrons. The molecule has 7 heteroatoms. The normalized spacial score (nSPS) is 17.2. The number of nitriles is 1. The van der Waals surface area contributed by atoms with Gasteiger partial charge in [-0.25, -0.2) is 9.37 Å². The summed E-state index contributed by atoms with van der Waals surface area (Å²) in [6.07, 6.45) is 8.48. The molecule has 1 N–H and O–H groups in total. The molecule has 0 bridgehead atoms. The summed E-state index contributed by atoms with van der Waals surface area (Å²) in [6.45, 7) is 0.391. The maximum Gasteiger partial charge on any atom is 0.176 e. The summed E-state index contributed by atoms with van der Waals surface area (Å²) < 4.78 is 15.5. The van der Waals surface area contributed by atoms with Gasteiger partial charge >= 0.3 is 0 Å². The first-order valence-corrected chi connectivity index (χ1v) is 9.97. The molecule has 3 aromatic rings. The highest BCUT2D eigenvalue weighted by molar-refractivity contribution is 6.33. The SMILES string of the molecule is N#Cc1cc(F)cc(CNc2c3c(nc4c(Cl)cnn24)C2(CCCC2)CC3)c1. The van der Waals surface area contributed by atoms with Crippen LogP contribution in [-0.2, 0) is 18.4 Å². The Kier molecular flexibility index (Phi) is 4.02. The van der Waals surface area contributed by atoms with Gasteiger partial charge in [-0.2, -0.15) is 14.9 Å². The zero-order chi connectivity index (χ0) is 19.3. The Hall–Kier alpha value is -2.65. The number of nitrogens with zero attached hydrogens (tertiary/aromatic N) is 4. The van der Waals surface area contributed by atoms with Crippen LogP contribution in [0.15, 0.2) is 24.4 Å². The van der Waals surface area contributed by atoms with Crippen LogP contribution in [0.25, 0.3) is 5.65 Å². The van der Waals surface area contributed by atoms with Gasteiger partial charge in [-0.05, 0) is 49.4 Å². The van der Waals surface area contributed by atoms with Gasteiger partial charge in [0.1, 0.15) is 16.7 Å². The smallest absolute Gasteiger partial charge is 0.176 e. The number of rotatable bonds is 3. The molecule has 2 aliphatic rings. The molecule has 2 heterocycles. The maximum absolute atomic E-state index is 13.8. The van der Waals surface area contributed by atoms with E-state index >= 15 is 0 Å². The minimum Gasteiger partial charge on any atom is -0.366 e. The Morgan fingerprint density at radius 2 is 2.07 bits per heavy atom. The predicted octanol–water partition coefficient (Wildman–Crippen LogP) is 4.76. The lowest BCUT2D eigenvalue weighted by Crippen LogP contribution is -2.20. The van der Waals surface area contributed by atoms with Crippen LogP contribution in [0, 0.1) is 17.1 Å². The van der Waals surface area contributed by atoms with Crippen molar-refractivity contribution in [3.8, 4) is 6.07 Å². The molecule has 2 aromatic heterocycles. The van der Waals surface area contributed by atoms with Gasteiger partial charge in [-0.3, -0.25) is 0 Å². The molecule has 1 spiro atoms. The minimum atomic E-state index is -0.409. The van der Waals surface area contributed by atoms with Gasteiger partial charge < -0.3 is 5.32 Å². The quantitative estimate of drug-likeness (QED) is 0.694. The zero-order valence-electron chi connectivity index (χ0n) is 15.3. The number of fused-ring (bicyclic) bond motifs is 3. The van der Waals surface area contributed by atoms with Crippen LogP contribution in [0.3, 0.4) is 0 Å². The largest absolute Gasteiger partial charge is 0.366 e. The summed E-state index contributed by atoms with van der Waals surface area (Å²) in [7, 11) is 0. The van der Waals surface area contributed by atoms with Crippen molar-refractivity contribution in [2.45, 2.75) is 50.5 Å². The van der Waals surface area contributed by atoms with Crippen molar-refractivity contribution in [1.82, 2.24) is 14.6 Å². The fourth-order valence-electron chi connectivity index (χ4n) is 4.88. The van der Waals surface area contributed by atoms with Crippen molar-refractivity contribution in [2.75, 3.05) is 5.32 Å². The third-order valence-corrected chi connectivity index (χ3v) is 6.43. The lowest BCUT2D eigenvalue weighted by atomic mass is 9.83. The first-order chi connectivity index (χ1) is 13.6. The molecule has 0 amide bonds.